The van der Waals surface area contributed by atoms with Crippen molar-refractivity contribution in [1.82, 2.24) is 9.88 Å². The molecule has 0 spiro atoms. The average Bonchev–Trinajstić information content (AvgIpc) is 2.54. The zero-order valence-corrected chi connectivity index (χ0v) is 15.3. The zero-order chi connectivity index (χ0) is 18.2. The lowest BCUT2D eigenvalue weighted by atomic mass is 9.93. The largest absolute Gasteiger partial charge is 0.375 e. The highest BCUT2D eigenvalue weighted by atomic mass is 16.5. The van der Waals surface area contributed by atoms with Crippen LogP contribution in [0.25, 0.3) is 10.8 Å². The molecule has 1 amide bonds. The van der Waals surface area contributed by atoms with Gasteiger partial charge in [0, 0.05) is 35.7 Å². The zero-order valence-electron chi connectivity index (χ0n) is 15.3. The maximum Gasteiger partial charge on any atom is 0.258 e. The van der Waals surface area contributed by atoms with Crippen molar-refractivity contribution in [3.63, 3.8) is 0 Å². The summed E-state index contributed by atoms with van der Waals surface area (Å²) in [6, 6.07) is 7.38. The van der Waals surface area contributed by atoms with Gasteiger partial charge in [-0.1, -0.05) is 18.2 Å². The normalized spacial score (nSPS) is 20.0. The standard InChI is InChI=1S/C20H26N2O3/c1-13(2)22-12-17(15-7-5-6-8-16(15)19(22)24)18(23)21-14-9-10-25-20(3,4)11-14/h5-8,12-14H,9-11H2,1-4H3,(H,21,23)/t14-/m0/s1. The summed E-state index contributed by atoms with van der Waals surface area (Å²) in [4.78, 5) is 25.6. The van der Waals surface area contributed by atoms with Crippen molar-refractivity contribution < 1.29 is 9.53 Å². The van der Waals surface area contributed by atoms with Crippen LogP contribution in [0.2, 0.25) is 0 Å². The number of amides is 1. The molecular formula is C20H26N2O3. The summed E-state index contributed by atoms with van der Waals surface area (Å²) >= 11 is 0. The number of hydrogen-bond acceptors (Lipinski definition) is 3. The van der Waals surface area contributed by atoms with Crippen LogP contribution in [0.5, 0.6) is 0 Å². The quantitative estimate of drug-likeness (QED) is 0.931. The van der Waals surface area contributed by atoms with Gasteiger partial charge in [-0.25, -0.2) is 0 Å². The highest BCUT2D eigenvalue weighted by Crippen LogP contribution is 2.25. The summed E-state index contributed by atoms with van der Waals surface area (Å²) in [6.45, 7) is 8.61. The third-order valence-electron chi connectivity index (χ3n) is 4.78. The van der Waals surface area contributed by atoms with Crippen LogP contribution in [-0.4, -0.2) is 28.7 Å². The molecule has 5 nitrogen and oxygen atoms in total. The lowest BCUT2D eigenvalue weighted by Gasteiger charge is -2.35. The number of nitrogens with zero attached hydrogens (tertiary/aromatic N) is 1. The minimum Gasteiger partial charge on any atom is -0.375 e. The third-order valence-corrected chi connectivity index (χ3v) is 4.78. The molecule has 1 aromatic carbocycles. The molecule has 1 aliphatic rings. The molecule has 134 valence electrons. The predicted octanol–water partition coefficient (Wildman–Crippen LogP) is 3.27. The molecule has 5 heteroatoms. The SMILES string of the molecule is CC(C)n1cc(C(=O)N[C@H]2CCOC(C)(C)C2)c2ccccc2c1=O. The number of pyridine rings is 1. The molecule has 2 aromatic rings. The minimum absolute atomic E-state index is 0.00864. The second-order valence-corrected chi connectivity index (χ2v) is 7.67. The molecule has 1 N–H and O–H groups in total. The second kappa shape index (κ2) is 6.64. The number of rotatable bonds is 3. The molecule has 1 aliphatic heterocycles. The average molecular weight is 342 g/mol. The van der Waals surface area contributed by atoms with E-state index >= 15 is 0 Å². The van der Waals surface area contributed by atoms with Crippen molar-refractivity contribution in [3.05, 3.63) is 46.4 Å². The maximum absolute atomic E-state index is 13.0. The van der Waals surface area contributed by atoms with Crippen LogP contribution in [0.15, 0.2) is 35.3 Å². The molecule has 3 rings (SSSR count). The Kier molecular flexibility index (Phi) is 4.69. The molecule has 25 heavy (non-hydrogen) atoms. The third kappa shape index (κ3) is 3.61. The van der Waals surface area contributed by atoms with Gasteiger partial charge in [0.2, 0.25) is 0 Å². The van der Waals surface area contributed by atoms with Gasteiger partial charge in [-0.05, 0) is 46.6 Å². The van der Waals surface area contributed by atoms with E-state index < -0.39 is 0 Å². The van der Waals surface area contributed by atoms with E-state index in [4.69, 9.17) is 4.74 Å². The van der Waals surface area contributed by atoms with Crippen LogP contribution in [0.3, 0.4) is 0 Å². The number of hydrogen-bond donors (Lipinski definition) is 1. The van der Waals surface area contributed by atoms with E-state index in [9.17, 15) is 9.59 Å². The number of fused-ring (bicyclic) bond motifs is 1. The number of ether oxygens (including phenoxy) is 1. The van der Waals surface area contributed by atoms with Crippen LogP contribution in [0.1, 0.15) is 56.9 Å². The summed E-state index contributed by atoms with van der Waals surface area (Å²) in [7, 11) is 0. The smallest absolute Gasteiger partial charge is 0.258 e. The molecule has 1 saturated heterocycles. The van der Waals surface area contributed by atoms with E-state index in [0.29, 0.717) is 22.9 Å². The van der Waals surface area contributed by atoms with E-state index in [1.54, 1.807) is 16.8 Å². The monoisotopic (exact) mass is 342 g/mol. The Morgan fingerprint density at radius 2 is 1.96 bits per heavy atom. The molecule has 2 heterocycles. The Morgan fingerprint density at radius 1 is 1.28 bits per heavy atom. The van der Waals surface area contributed by atoms with Gasteiger partial charge in [0.05, 0.1) is 11.2 Å². The first-order valence-electron chi connectivity index (χ1n) is 8.87. The molecule has 1 atom stereocenters. The van der Waals surface area contributed by atoms with Crippen molar-refractivity contribution in [2.24, 2.45) is 0 Å². The molecule has 0 bridgehead atoms. The summed E-state index contributed by atoms with van der Waals surface area (Å²) in [5, 5.41) is 4.42. The fraction of sp³-hybridized carbons (Fsp3) is 0.500. The van der Waals surface area contributed by atoms with Crippen molar-refractivity contribution in [2.75, 3.05) is 6.61 Å². The van der Waals surface area contributed by atoms with Crippen LogP contribution < -0.4 is 10.9 Å². The topological polar surface area (TPSA) is 60.3 Å². The first kappa shape index (κ1) is 17.7. The van der Waals surface area contributed by atoms with Crippen LogP contribution in [0, 0.1) is 0 Å². The van der Waals surface area contributed by atoms with Gasteiger partial charge in [-0.3, -0.25) is 9.59 Å². The molecule has 0 saturated carbocycles. The van der Waals surface area contributed by atoms with Crippen LogP contribution >= 0.6 is 0 Å². The molecule has 1 aromatic heterocycles. The predicted molar refractivity (Wildman–Crippen MR) is 99.1 cm³/mol. The Morgan fingerprint density at radius 3 is 2.60 bits per heavy atom. The summed E-state index contributed by atoms with van der Waals surface area (Å²) in [5.41, 5.74) is 0.261. The van der Waals surface area contributed by atoms with Crippen LogP contribution in [0.4, 0.5) is 0 Å². The Bertz CT molecular complexity index is 852. The summed E-state index contributed by atoms with van der Waals surface area (Å²) in [5.74, 6) is -0.131. The van der Waals surface area contributed by atoms with Crippen molar-refractivity contribution in [2.45, 2.75) is 58.2 Å². The van der Waals surface area contributed by atoms with Gasteiger partial charge in [-0.2, -0.15) is 0 Å². The lowest BCUT2D eigenvalue weighted by molar-refractivity contribution is -0.0615. The molecule has 1 fully saturated rings. The van der Waals surface area contributed by atoms with Gasteiger partial charge in [0.15, 0.2) is 0 Å². The minimum atomic E-state index is -0.227. The van der Waals surface area contributed by atoms with Crippen molar-refractivity contribution in [3.8, 4) is 0 Å². The van der Waals surface area contributed by atoms with Crippen molar-refractivity contribution >= 4 is 16.7 Å². The molecule has 0 unspecified atom stereocenters. The first-order chi connectivity index (χ1) is 11.8. The number of carbonyl (C=O) groups excluding carboxylic acids is 1. The highest BCUT2D eigenvalue weighted by molar-refractivity contribution is 6.06. The number of carbonyl (C=O) groups is 1. The Labute approximate surface area is 148 Å². The molecule has 0 radical (unpaired) electrons. The molecule has 0 aliphatic carbocycles. The van der Waals surface area contributed by atoms with Gasteiger partial charge in [-0.15, -0.1) is 0 Å². The van der Waals surface area contributed by atoms with Crippen LogP contribution in [-0.2, 0) is 4.74 Å². The van der Waals surface area contributed by atoms with Gasteiger partial charge in [0.25, 0.3) is 11.5 Å². The lowest BCUT2D eigenvalue weighted by Crippen LogP contribution is -2.46. The van der Waals surface area contributed by atoms with Crippen molar-refractivity contribution in [1.29, 1.82) is 0 Å². The van der Waals surface area contributed by atoms with Gasteiger partial charge >= 0.3 is 0 Å². The number of nitrogens with one attached hydrogen (secondary N) is 1. The summed E-state index contributed by atoms with van der Waals surface area (Å²) in [6.07, 6.45) is 3.27. The Balaban J connectivity index is 1.98. The van der Waals surface area contributed by atoms with Gasteiger partial charge < -0.3 is 14.6 Å². The molecular weight excluding hydrogens is 316 g/mol. The Hall–Kier alpha value is -2.14. The first-order valence-corrected chi connectivity index (χ1v) is 8.87. The number of aromatic nitrogens is 1. The highest BCUT2D eigenvalue weighted by Gasteiger charge is 2.30. The summed E-state index contributed by atoms with van der Waals surface area (Å²) < 4.78 is 7.35. The van der Waals surface area contributed by atoms with E-state index in [1.165, 1.54) is 0 Å². The fourth-order valence-corrected chi connectivity index (χ4v) is 3.49. The van der Waals surface area contributed by atoms with E-state index in [-0.39, 0.29) is 29.2 Å². The van der Waals surface area contributed by atoms with E-state index in [0.717, 1.165) is 12.8 Å². The maximum atomic E-state index is 13.0. The number of benzene rings is 1. The fourth-order valence-electron chi connectivity index (χ4n) is 3.49. The van der Waals surface area contributed by atoms with E-state index in [1.807, 2.05) is 45.9 Å². The second-order valence-electron chi connectivity index (χ2n) is 7.67. The van der Waals surface area contributed by atoms with E-state index in [2.05, 4.69) is 5.32 Å². The van der Waals surface area contributed by atoms with Gasteiger partial charge in [0.1, 0.15) is 0 Å².